The summed E-state index contributed by atoms with van der Waals surface area (Å²) < 4.78 is 16.6. The maximum Gasteiger partial charge on any atom is 0.355 e. The molecule has 0 amide bonds. The van der Waals surface area contributed by atoms with Gasteiger partial charge in [-0.1, -0.05) is 13.8 Å². The number of fused-ring (bicyclic) bond motifs is 1. The Kier molecular flexibility index (Phi) is 7.30. The van der Waals surface area contributed by atoms with E-state index in [4.69, 9.17) is 24.7 Å². The SMILES string of the molecule is CC.CCOC(=O)c1cc2occc2n1COC(=O)C(N)CO. The molecule has 128 valence electrons. The molecule has 2 aromatic heterocycles. The Balaban J connectivity index is 0.00000127. The average molecular weight is 326 g/mol. The predicted molar refractivity (Wildman–Crippen MR) is 82.7 cm³/mol. The monoisotopic (exact) mass is 326 g/mol. The van der Waals surface area contributed by atoms with E-state index >= 15 is 0 Å². The molecule has 0 fully saturated rings. The topological polar surface area (TPSA) is 117 Å². The Morgan fingerprint density at radius 3 is 2.70 bits per heavy atom. The molecule has 0 aliphatic rings. The standard InChI is InChI=1S/C13H16N2O6.C2H6/c1-2-19-13(18)10-5-11-9(3-4-20-11)15(10)7-21-12(17)8(14)6-16;1-2/h3-5,8,16H,2,6-7,14H2,1H3;1-2H3. The van der Waals surface area contributed by atoms with Crippen molar-refractivity contribution in [2.24, 2.45) is 5.73 Å². The Morgan fingerprint density at radius 1 is 1.39 bits per heavy atom. The Morgan fingerprint density at radius 2 is 2.09 bits per heavy atom. The van der Waals surface area contributed by atoms with E-state index in [9.17, 15) is 9.59 Å². The first-order chi connectivity index (χ1) is 11.1. The van der Waals surface area contributed by atoms with Gasteiger partial charge in [0.15, 0.2) is 12.3 Å². The lowest BCUT2D eigenvalue weighted by Crippen LogP contribution is -2.36. The fraction of sp³-hybridized carbons (Fsp3) is 0.467. The van der Waals surface area contributed by atoms with Crippen molar-refractivity contribution in [3.8, 4) is 0 Å². The van der Waals surface area contributed by atoms with E-state index < -0.39 is 24.6 Å². The van der Waals surface area contributed by atoms with E-state index in [1.54, 1.807) is 13.0 Å². The Hall–Kier alpha value is -2.32. The number of carbonyl (C=O) groups excluding carboxylic acids is 2. The molecule has 2 rings (SSSR count). The Bertz CT molecular complexity index is 645. The smallest absolute Gasteiger partial charge is 0.355 e. The van der Waals surface area contributed by atoms with Gasteiger partial charge in [0.1, 0.15) is 11.7 Å². The van der Waals surface area contributed by atoms with Crippen LogP contribution in [-0.2, 0) is 21.0 Å². The highest BCUT2D eigenvalue weighted by Gasteiger charge is 2.20. The fourth-order valence-corrected chi connectivity index (χ4v) is 1.80. The molecule has 23 heavy (non-hydrogen) atoms. The van der Waals surface area contributed by atoms with Crippen molar-refractivity contribution in [3.05, 3.63) is 24.1 Å². The third-order valence-corrected chi connectivity index (χ3v) is 2.84. The lowest BCUT2D eigenvalue weighted by atomic mass is 10.3. The molecule has 3 N–H and O–H groups in total. The number of aliphatic hydroxyl groups excluding tert-OH is 1. The Labute approximate surface area is 133 Å². The van der Waals surface area contributed by atoms with Crippen molar-refractivity contribution < 1.29 is 28.6 Å². The van der Waals surface area contributed by atoms with E-state index in [1.165, 1.54) is 16.9 Å². The predicted octanol–water partition coefficient (Wildman–Crippen LogP) is 1.26. The number of rotatable bonds is 6. The molecule has 0 saturated heterocycles. The quantitative estimate of drug-likeness (QED) is 0.767. The summed E-state index contributed by atoms with van der Waals surface area (Å²) in [5, 5.41) is 8.79. The fourth-order valence-electron chi connectivity index (χ4n) is 1.80. The molecule has 1 unspecified atom stereocenters. The molecule has 0 spiro atoms. The van der Waals surface area contributed by atoms with Crippen LogP contribution in [-0.4, -0.2) is 40.9 Å². The molecular weight excluding hydrogens is 304 g/mol. The van der Waals surface area contributed by atoms with Gasteiger partial charge in [-0.15, -0.1) is 0 Å². The summed E-state index contributed by atoms with van der Waals surface area (Å²) in [6, 6.07) is 2.02. The molecule has 2 aromatic rings. The van der Waals surface area contributed by atoms with Crippen molar-refractivity contribution in [1.29, 1.82) is 0 Å². The van der Waals surface area contributed by atoms with Crippen LogP contribution in [0.15, 0.2) is 22.8 Å². The largest absolute Gasteiger partial charge is 0.463 e. The number of aliphatic hydroxyl groups is 1. The lowest BCUT2D eigenvalue weighted by molar-refractivity contribution is -0.149. The highest BCUT2D eigenvalue weighted by atomic mass is 16.5. The third kappa shape index (κ3) is 4.33. The van der Waals surface area contributed by atoms with Crippen LogP contribution in [0.5, 0.6) is 0 Å². The highest BCUT2D eigenvalue weighted by Crippen LogP contribution is 2.22. The summed E-state index contributed by atoms with van der Waals surface area (Å²) >= 11 is 0. The van der Waals surface area contributed by atoms with Crippen LogP contribution >= 0.6 is 0 Å². The molecule has 8 nitrogen and oxygen atoms in total. The first-order valence-electron chi connectivity index (χ1n) is 7.35. The second-order valence-electron chi connectivity index (χ2n) is 4.23. The van der Waals surface area contributed by atoms with Gasteiger partial charge < -0.3 is 24.7 Å². The lowest BCUT2D eigenvalue weighted by Gasteiger charge is -2.12. The molecule has 8 heteroatoms. The van der Waals surface area contributed by atoms with Crippen molar-refractivity contribution in [1.82, 2.24) is 4.57 Å². The zero-order chi connectivity index (χ0) is 17.4. The van der Waals surface area contributed by atoms with Gasteiger partial charge in [0, 0.05) is 12.1 Å². The molecule has 0 radical (unpaired) electrons. The summed E-state index contributed by atoms with van der Waals surface area (Å²) in [5.41, 5.74) is 6.61. The number of aromatic nitrogens is 1. The normalized spacial score (nSPS) is 11.5. The molecule has 0 aliphatic carbocycles. The van der Waals surface area contributed by atoms with E-state index in [0.717, 1.165) is 0 Å². The van der Waals surface area contributed by atoms with Crippen molar-refractivity contribution in [2.75, 3.05) is 13.2 Å². The van der Waals surface area contributed by atoms with E-state index in [1.807, 2.05) is 13.8 Å². The minimum atomic E-state index is -1.12. The number of hydrogen-bond donors (Lipinski definition) is 2. The van der Waals surface area contributed by atoms with Crippen LogP contribution in [0.2, 0.25) is 0 Å². The summed E-state index contributed by atoms with van der Waals surface area (Å²) in [7, 11) is 0. The molecule has 0 aliphatic heterocycles. The molecule has 0 bridgehead atoms. The van der Waals surface area contributed by atoms with Gasteiger partial charge in [-0.3, -0.25) is 9.36 Å². The van der Waals surface area contributed by atoms with Crippen LogP contribution < -0.4 is 5.73 Å². The van der Waals surface area contributed by atoms with Crippen molar-refractivity contribution in [2.45, 2.75) is 33.5 Å². The highest BCUT2D eigenvalue weighted by molar-refractivity contribution is 5.94. The van der Waals surface area contributed by atoms with Gasteiger partial charge in [-0.05, 0) is 6.92 Å². The average Bonchev–Trinajstić information content (AvgIpc) is 3.15. The molecule has 0 saturated carbocycles. The number of furan rings is 1. The second kappa shape index (κ2) is 8.96. The molecular formula is C15H22N2O6. The van der Waals surface area contributed by atoms with Crippen LogP contribution in [0, 0.1) is 0 Å². The zero-order valence-corrected chi connectivity index (χ0v) is 13.4. The van der Waals surface area contributed by atoms with Crippen molar-refractivity contribution >= 4 is 23.0 Å². The van der Waals surface area contributed by atoms with Crippen molar-refractivity contribution in [3.63, 3.8) is 0 Å². The maximum atomic E-state index is 11.9. The second-order valence-corrected chi connectivity index (χ2v) is 4.23. The van der Waals surface area contributed by atoms with Gasteiger partial charge in [-0.25, -0.2) is 4.79 Å². The number of esters is 2. The number of hydrogen-bond acceptors (Lipinski definition) is 7. The first kappa shape index (κ1) is 18.7. The summed E-state index contributed by atoms with van der Waals surface area (Å²) in [5.74, 6) is -1.32. The van der Waals surface area contributed by atoms with Gasteiger partial charge in [0.2, 0.25) is 0 Å². The number of ether oxygens (including phenoxy) is 2. The number of nitrogens with two attached hydrogens (primary N) is 1. The third-order valence-electron chi connectivity index (χ3n) is 2.84. The van der Waals surface area contributed by atoms with Gasteiger partial charge >= 0.3 is 11.9 Å². The molecule has 0 aromatic carbocycles. The van der Waals surface area contributed by atoms with Crippen LogP contribution in [0.4, 0.5) is 0 Å². The molecule has 2 heterocycles. The summed E-state index contributed by atoms with van der Waals surface area (Å²) in [4.78, 5) is 23.4. The van der Waals surface area contributed by atoms with Crippen LogP contribution in [0.25, 0.3) is 11.1 Å². The van der Waals surface area contributed by atoms with E-state index in [-0.39, 0.29) is 19.0 Å². The van der Waals surface area contributed by atoms with Crippen LogP contribution in [0.1, 0.15) is 31.3 Å². The van der Waals surface area contributed by atoms with Gasteiger partial charge in [0.25, 0.3) is 0 Å². The van der Waals surface area contributed by atoms with E-state index in [0.29, 0.717) is 11.1 Å². The number of carbonyl (C=O) groups is 2. The summed E-state index contributed by atoms with van der Waals surface area (Å²) in [6.07, 6.45) is 1.46. The van der Waals surface area contributed by atoms with Gasteiger partial charge in [0.05, 0.1) is 25.0 Å². The minimum Gasteiger partial charge on any atom is -0.463 e. The zero-order valence-electron chi connectivity index (χ0n) is 13.4. The number of nitrogens with zero attached hydrogens (tertiary/aromatic N) is 1. The molecule has 1 atom stereocenters. The van der Waals surface area contributed by atoms with E-state index in [2.05, 4.69) is 0 Å². The summed E-state index contributed by atoms with van der Waals surface area (Å²) in [6.45, 7) is 5.16. The van der Waals surface area contributed by atoms with Crippen LogP contribution in [0.3, 0.4) is 0 Å². The first-order valence-corrected chi connectivity index (χ1v) is 7.35. The maximum absolute atomic E-state index is 11.9. The minimum absolute atomic E-state index is 0.205. The van der Waals surface area contributed by atoms with Gasteiger partial charge in [-0.2, -0.15) is 0 Å².